The van der Waals surface area contributed by atoms with E-state index in [4.69, 9.17) is 0 Å². The molecule has 0 amide bonds. The highest BCUT2D eigenvalue weighted by Crippen LogP contribution is 2.14. The van der Waals surface area contributed by atoms with Crippen molar-refractivity contribution in [1.29, 1.82) is 0 Å². The Labute approximate surface area is 114 Å². The number of hydrogen-bond donors (Lipinski definition) is 0. The number of aliphatic imine (C=N–C) groups is 1. The normalized spacial score (nSPS) is 13.0. The Bertz CT molecular complexity index is 315. The molecular weight excluding hydrogens is 218 g/mol. The average molecular weight is 249 g/mol. The molecule has 18 heavy (non-hydrogen) atoms. The zero-order valence-corrected chi connectivity index (χ0v) is 13.5. The van der Waals surface area contributed by atoms with E-state index < -0.39 is 0 Å². The van der Waals surface area contributed by atoms with E-state index in [9.17, 15) is 0 Å². The fourth-order valence-electron chi connectivity index (χ4n) is 1.46. The average Bonchev–Trinajstić information content (AvgIpc) is 2.35. The lowest BCUT2D eigenvalue weighted by Gasteiger charge is -2.11. The van der Waals surface area contributed by atoms with E-state index in [2.05, 4.69) is 64.4 Å². The Morgan fingerprint density at radius 3 is 1.78 bits per heavy atom. The summed E-state index contributed by atoms with van der Waals surface area (Å²) in [6.07, 6.45) is 6.27. The maximum Gasteiger partial charge on any atom is 0.0602 e. The van der Waals surface area contributed by atoms with E-state index in [0.717, 1.165) is 11.3 Å². The molecule has 1 heteroatoms. The fraction of sp³-hybridized carbons (Fsp3) is 0.588. The van der Waals surface area contributed by atoms with Crippen LogP contribution in [-0.4, -0.2) is 12.8 Å². The van der Waals surface area contributed by atoms with Crippen LogP contribution in [0, 0.1) is 11.8 Å². The maximum absolute atomic E-state index is 4.33. The first-order valence-corrected chi connectivity index (χ1v) is 6.94. The van der Waals surface area contributed by atoms with E-state index in [1.807, 2.05) is 20.9 Å². The van der Waals surface area contributed by atoms with Gasteiger partial charge in [-0.3, -0.25) is 4.99 Å². The summed E-state index contributed by atoms with van der Waals surface area (Å²) in [5.41, 5.74) is 3.48. The summed E-state index contributed by atoms with van der Waals surface area (Å²) < 4.78 is 0. The SMILES string of the molecule is C=C(/C=C\C(=NC)/C(=C\C)C(C)C)C(C)C.CC. The first-order valence-electron chi connectivity index (χ1n) is 6.94. The Kier molecular flexibility index (Phi) is 11.8. The lowest BCUT2D eigenvalue weighted by molar-refractivity contribution is 0.794. The molecule has 0 saturated carbocycles. The standard InChI is InChI=1S/C15H25N.C2H6/c1-8-14(12(4)5)15(16-7)10-9-13(6)11(2)3;1-2/h8-12H,6H2,1-5,7H3;1-2H3/b10-9-,14-8-,16-15?;. The largest absolute Gasteiger partial charge is 0.288 e. The van der Waals surface area contributed by atoms with Crippen molar-refractivity contribution < 1.29 is 0 Å². The van der Waals surface area contributed by atoms with E-state index >= 15 is 0 Å². The molecule has 0 radical (unpaired) electrons. The molecule has 0 spiro atoms. The molecule has 0 unspecified atom stereocenters. The second-order valence-corrected chi connectivity index (χ2v) is 4.57. The molecule has 0 N–H and O–H groups in total. The Balaban J connectivity index is 0. The molecule has 1 nitrogen and oxygen atoms in total. The second-order valence-electron chi connectivity index (χ2n) is 4.57. The van der Waals surface area contributed by atoms with Gasteiger partial charge in [-0.15, -0.1) is 0 Å². The molecule has 0 aromatic heterocycles. The highest BCUT2D eigenvalue weighted by Gasteiger charge is 2.06. The molecule has 0 aromatic rings. The molecule has 0 aliphatic heterocycles. The maximum atomic E-state index is 4.33. The van der Waals surface area contributed by atoms with Crippen molar-refractivity contribution in [2.24, 2.45) is 16.8 Å². The summed E-state index contributed by atoms with van der Waals surface area (Å²) >= 11 is 0. The molecular formula is C17H31N. The molecule has 104 valence electrons. The van der Waals surface area contributed by atoms with Gasteiger partial charge in [0, 0.05) is 7.05 Å². The zero-order valence-electron chi connectivity index (χ0n) is 13.5. The van der Waals surface area contributed by atoms with Gasteiger partial charge in [-0.2, -0.15) is 0 Å². The van der Waals surface area contributed by atoms with Crippen LogP contribution in [0.15, 0.2) is 40.9 Å². The number of rotatable bonds is 5. The number of allylic oxidation sites excluding steroid dienone is 5. The monoisotopic (exact) mass is 249 g/mol. The van der Waals surface area contributed by atoms with Crippen molar-refractivity contribution in [3.05, 3.63) is 36.0 Å². The van der Waals surface area contributed by atoms with E-state index in [-0.39, 0.29) is 0 Å². The van der Waals surface area contributed by atoms with Crippen LogP contribution in [-0.2, 0) is 0 Å². The van der Waals surface area contributed by atoms with Gasteiger partial charge in [0.15, 0.2) is 0 Å². The van der Waals surface area contributed by atoms with Gasteiger partial charge in [-0.1, -0.05) is 65.8 Å². The van der Waals surface area contributed by atoms with Crippen molar-refractivity contribution in [3.63, 3.8) is 0 Å². The third kappa shape index (κ3) is 7.26. The van der Waals surface area contributed by atoms with Gasteiger partial charge in [0.2, 0.25) is 0 Å². The van der Waals surface area contributed by atoms with Crippen molar-refractivity contribution in [2.75, 3.05) is 7.05 Å². The predicted octanol–water partition coefficient (Wildman–Crippen LogP) is 5.45. The summed E-state index contributed by atoms with van der Waals surface area (Å²) in [5.74, 6) is 0.989. The summed E-state index contributed by atoms with van der Waals surface area (Å²) in [5, 5.41) is 0. The van der Waals surface area contributed by atoms with Crippen LogP contribution in [0.2, 0.25) is 0 Å². The summed E-state index contributed by atoms with van der Waals surface area (Å²) in [6.45, 7) is 18.8. The Hall–Kier alpha value is -1.11. The first kappa shape index (κ1) is 19.2. The van der Waals surface area contributed by atoms with Crippen LogP contribution in [0.25, 0.3) is 0 Å². The molecule has 0 atom stereocenters. The molecule has 0 aliphatic carbocycles. The summed E-state index contributed by atoms with van der Waals surface area (Å²) in [7, 11) is 1.84. The lowest BCUT2D eigenvalue weighted by atomic mass is 9.96. The van der Waals surface area contributed by atoms with Gasteiger partial charge >= 0.3 is 0 Å². The number of hydrogen-bond acceptors (Lipinski definition) is 1. The van der Waals surface area contributed by atoms with Crippen LogP contribution in [0.1, 0.15) is 48.5 Å². The van der Waals surface area contributed by atoms with Crippen molar-refractivity contribution in [2.45, 2.75) is 48.5 Å². The molecule has 0 fully saturated rings. The van der Waals surface area contributed by atoms with Crippen LogP contribution in [0.5, 0.6) is 0 Å². The quantitative estimate of drug-likeness (QED) is 0.453. The van der Waals surface area contributed by atoms with Crippen molar-refractivity contribution in [3.8, 4) is 0 Å². The van der Waals surface area contributed by atoms with E-state index in [0.29, 0.717) is 11.8 Å². The molecule has 0 saturated heterocycles. The third-order valence-electron chi connectivity index (χ3n) is 2.67. The van der Waals surface area contributed by atoms with Gasteiger partial charge in [-0.25, -0.2) is 0 Å². The fourth-order valence-corrected chi connectivity index (χ4v) is 1.46. The van der Waals surface area contributed by atoms with Gasteiger partial charge < -0.3 is 0 Å². The molecule has 0 aromatic carbocycles. The number of nitrogens with zero attached hydrogens (tertiary/aromatic N) is 1. The minimum absolute atomic E-state index is 0.488. The topological polar surface area (TPSA) is 12.4 Å². The van der Waals surface area contributed by atoms with Crippen LogP contribution >= 0.6 is 0 Å². The highest BCUT2D eigenvalue weighted by atomic mass is 14.7. The van der Waals surface area contributed by atoms with Gasteiger partial charge in [-0.05, 0) is 30.4 Å². The van der Waals surface area contributed by atoms with Crippen molar-refractivity contribution in [1.82, 2.24) is 0 Å². The predicted molar refractivity (Wildman–Crippen MR) is 86.4 cm³/mol. The van der Waals surface area contributed by atoms with E-state index in [1.54, 1.807) is 0 Å². The summed E-state index contributed by atoms with van der Waals surface area (Å²) in [4.78, 5) is 4.33. The second kappa shape index (κ2) is 11.0. The highest BCUT2D eigenvalue weighted by molar-refractivity contribution is 6.08. The third-order valence-corrected chi connectivity index (χ3v) is 2.67. The summed E-state index contributed by atoms with van der Waals surface area (Å²) in [6, 6.07) is 0. The van der Waals surface area contributed by atoms with E-state index in [1.165, 1.54) is 5.57 Å². The van der Waals surface area contributed by atoms with Crippen molar-refractivity contribution >= 4 is 5.71 Å². The van der Waals surface area contributed by atoms with Gasteiger partial charge in [0.25, 0.3) is 0 Å². The van der Waals surface area contributed by atoms with Crippen LogP contribution in [0.4, 0.5) is 0 Å². The Morgan fingerprint density at radius 2 is 1.50 bits per heavy atom. The van der Waals surface area contributed by atoms with Gasteiger partial charge in [0.1, 0.15) is 0 Å². The van der Waals surface area contributed by atoms with Crippen LogP contribution < -0.4 is 0 Å². The Morgan fingerprint density at radius 1 is 1.00 bits per heavy atom. The van der Waals surface area contributed by atoms with Crippen LogP contribution in [0.3, 0.4) is 0 Å². The first-order chi connectivity index (χ1) is 8.43. The smallest absolute Gasteiger partial charge is 0.0602 e. The minimum atomic E-state index is 0.488. The molecule has 0 rings (SSSR count). The molecule has 0 heterocycles. The van der Waals surface area contributed by atoms with Gasteiger partial charge in [0.05, 0.1) is 5.71 Å². The minimum Gasteiger partial charge on any atom is -0.288 e. The lowest BCUT2D eigenvalue weighted by Crippen LogP contribution is -2.06. The molecule has 0 bridgehead atoms. The zero-order chi connectivity index (χ0) is 14.7. The molecule has 0 aliphatic rings.